The van der Waals surface area contributed by atoms with Crippen LogP contribution in [0.4, 0.5) is 10.5 Å². The topological polar surface area (TPSA) is 122 Å². The van der Waals surface area contributed by atoms with E-state index >= 15 is 0 Å². The van der Waals surface area contributed by atoms with Crippen LogP contribution < -0.4 is 10.6 Å². The second-order valence-corrected chi connectivity index (χ2v) is 6.68. The van der Waals surface area contributed by atoms with Crippen molar-refractivity contribution >= 4 is 33.6 Å². The molecule has 9 nitrogen and oxygen atoms in total. The molecule has 1 heterocycles. The van der Waals surface area contributed by atoms with Gasteiger partial charge in [0, 0.05) is 16.6 Å². The van der Waals surface area contributed by atoms with Crippen LogP contribution in [0.2, 0.25) is 0 Å². The standard InChI is InChI=1S/C18H17BrN6O3/c19-13-6-8-14(9-7-13)21-18(27)28-15(10-12-4-2-1-3-5-12)17(26)20-11-16-22-24-25-23-16/h1-9,15H,10-11H2,(H,20,26)(H,21,27)(H,22,23,24,25)/t15-/m0/s1. The third kappa shape index (κ3) is 5.88. The molecule has 10 heteroatoms. The summed E-state index contributed by atoms with van der Waals surface area (Å²) >= 11 is 3.33. The number of anilines is 1. The summed E-state index contributed by atoms with van der Waals surface area (Å²) in [6, 6.07) is 16.3. The van der Waals surface area contributed by atoms with Crippen LogP contribution in [0.25, 0.3) is 0 Å². The van der Waals surface area contributed by atoms with Crippen molar-refractivity contribution in [2.45, 2.75) is 19.1 Å². The van der Waals surface area contributed by atoms with E-state index in [0.717, 1.165) is 10.0 Å². The van der Waals surface area contributed by atoms with Crippen LogP contribution in [-0.4, -0.2) is 38.7 Å². The highest BCUT2D eigenvalue weighted by Gasteiger charge is 2.24. The van der Waals surface area contributed by atoms with E-state index in [4.69, 9.17) is 4.74 Å². The quantitative estimate of drug-likeness (QED) is 0.514. The number of benzene rings is 2. The van der Waals surface area contributed by atoms with E-state index < -0.39 is 18.1 Å². The van der Waals surface area contributed by atoms with E-state index in [-0.39, 0.29) is 13.0 Å². The summed E-state index contributed by atoms with van der Waals surface area (Å²) in [7, 11) is 0. The molecule has 3 rings (SSSR count). The summed E-state index contributed by atoms with van der Waals surface area (Å²) in [5, 5.41) is 18.5. The number of ether oxygens (including phenoxy) is 1. The molecule has 0 fully saturated rings. The van der Waals surface area contributed by atoms with E-state index in [0.29, 0.717) is 11.5 Å². The Kier molecular flexibility index (Phi) is 6.68. The normalized spacial score (nSPS) is 11.5. The Bertz CT molecular complexity index is 903. The number of H-pyrrole nitrogens is 1. The fraction of sp³-hybridized carbons (Fsp3) is 0.167. The van der Waals surface area contributed by atoms with Gasteiger partial charge in [-0.1, -0.05) is 51.5 Å². The monoisotopic (exact) mass is 444 g/mol. The lowest BCUT2D eigenvalue weighted by Gasteiger charge is -2.18. The molecule has 0 aliphatic rings. The lowest BCUT2D eigenvalue weighted by atomic mass is 10.1. The molecule has 1 atom stereocenters. The summed E-state index contributed by atoms with van der Waals surface area (Å²) in [4.78, 5) is 24.8. The first-order chi connectivity index (χ1) is 13.6. The van der Waals surface area contributed by atoms with Gasteiger partial charge < -0.3 is 10.1 Å². The van der Waals surface area contributed by atoms with Crippen LogP contribution >= 0.6 is 15.9 Å². The molecule has 0 saturated carbocycles. The fourth-order valence-corrected chi connectivity index (χ4v) is 2.63. The van der Waals surface area contributed by atoms with Gasteiger partial charge in [-0.25, -0.2) is 4.79 Å². The number of carbonyl (C=O) groups excluding carboxylic acids is 2. The van der Waals surface area contributed by atoms with Crippen molar-refractivity contribution in [2.75, 3.05) is 5.32 Å². The predicted octanol–water partition coefficient (Wildman–Crippen LogP) is 2.44. The number of tetrazole rings is 1. The van der Waals surface area contributed by atoms with Crippen molar-refractivity contribution in [1.29, 1.82) is 0 Å². The molecule has 28 heavy (non-hydrogen) atoms. The first-order valence-corrected chi connectivity index (χ1v) is 9.16. The second kappa shape index (κ2) is 9.60. The molecule has 2 aromatic carbocycles. The Labute approximate surface area is 169 Å². The highest BCUT2D eigenvalue weighted by Crippen LogP contribution is 2.15. The number of halogens is 1. The van der Waals surface area contributed by atoms with Crippen LogP contribution in [0.3, 0.4) is 0 Å². The van der Waals surface area contributed by atoms with Gasteiger partial charge in [-0.2, -0.15) is 5.21 Å². The predicted molar refractivity (Wildman–Crippen MR) is 104 cm³/mol. The highest BCUT2D eigenvalue weighted by atomic mass is 79.9. The van der Waals surface area contributed by atoms with E-state index in [1.165, 1.54) is 0 Å². The van der Waals surface area contributed by atoms with Crippen LogP contribution in [0.5, 0.6) is 0 Å². The fourth-order valence-electron chi connectivity index (χ4n) is 2.36. The van der Waals surface area contributed by atoms with Crippen molar-refractivity contribution < 1.29 is 14.3 Å². The zero-order chi connectivity index (χ0) is 19.8. The van der Waals surface area contributed by atoms with Crippen LogP contribution in [0.1, 0.15) is 11.4 Å². The number of rotatable bonds is 7. The lowest BCUT2D eigenvalue weighted by Crippen LogP contribution is -2.40. The molecule has 0 aliphatic heterocycles. The summed E-state index contributed by atoms with van der Waals surface area (Å²) in [6.07, 6.45) is -1.52. The van der Waals surface area contributed by atoms with Crippen LogP contribution in [0.15, 0.2) is 59.1 Å². The number of hydrogen-bond acceptors (Lipinski definition) is 6. The Morgan fingerprint density at radius 2 is 1.86 bits per heavy atom. The van der Waals surface area contributed by atoms with Gasteiger partial charge in [0.15, 0.2) is 11.9 Å². The van der Waals surface area contributed by atoms with Crippen LogP contribution in [0, 0.1) is 0 Å². The molecule has 0 saturated heterocycles. The molecular formula is C18H17BrN6O3. The second-order valence-electron chi connectivity index (χ2n) is 5.76. The van der Waals surface area contributed by atoms with Crippen molar-refractivity contribution in [3.8, 4) is 0 Å². The van der Waals surface area contributed by atoms with Crippen molar-refractivity contribution in [1.82, 2.24) is 25.9 Å². The minimum atomic E-state index is -1.02. The zero-order valence-corrected chi connectivity index (χ0v) is 16.2. The Morgan fingerprint density at radius 3 is 2.54 bits per heavy atom. The number of nitrogens with one attached hydrogen (secondary N) is 3. The summed E-state index contributed by atoms with van der Waals surface area (Å²) in [5.41, 5.74) is 1.41. The molecule has 0 aliphatic carbocycles. The van der Waals surface area contributed by atoms with Crippen molar-refractivity contribution in [2.24, 2.45) is 0 Å². The largest absolute Gasteiger partial charge is 0.436 e. The third-order valence-corrected chi connectivity index (χ3v) is 4.23. The third-order valence-electron chi connectivity index (χ3n) is 3.71. The zero-order valence-electron chi connectivity index (χ0n) is 14.6. The van der Waals surface area contributed by atoms with Crippen molar-refractivity contribution in [3.05, 3.63) is 70.5 Å². The molecule has 1 aromatic heterocycles. The maximum Gasteiger partial charge on any atom is 0.412 e. The SMILES string of the molecule is O=C(Nc1ccc(Br)cc1)O[C@@H](Cc1ccccc1)C(=O)NCc1nn[nH]n1. The number of aromatic nitrogens is 4. The van der Waals surface area contributed by atoms with E-state index in [1.807, 2.05) is 30.3 Å². The maximum atomic E-state index is 12.6. The molecular weight excluding hydrogens is 428 g/mol. The van der Waals surface area contributed by atoms with Crippen LogP contribution in [-0.2, 0) is 22.5 Å². The minimum absolute atomic E-state index is 0.0678. The molecule has 3 N–H and O–H groups in total. The summed E-state index contributed by atoms with van der Waals surface area (Å²) in [6.45, 7) is 0.0678. The average molecular weight is 445 g/mol. The number of hydrogen-bond donors (Lipinski definition) is 3. The molecule has 0 spiro atoms. The summed E-state index contributed by atoms with van der Waals surface area (Å²) < 4.78 is 6.27. The van der Waals surface area contributed by atoms with E-state index in [1.54, 1.807) is 24.3 Å². The molecule has 0 radical (unpaired) electrons. The van der Waals surface area contributed by atoms with Crippen molar-refractivity contribution in [3.63, 3.8) is 0 Å². The molecule has 144 valence electrons. The number of carbonyl (C=O) groups is 2. The van der Waals surface area contributed by atoms with Gasteiger partial charge in [-0.15, -0.1) is 10.2 Å². The summed E-state index contributed by atoms with van der Waals surface area (Å²) in [5.74, 6) is -0.134. The van der Waals surface area contributed by atoms with E-state index in [2.05, 4.69) is 47.2 Å². The Balaban J connectivity index is 1.64. The van der Waals surface area contributed by atoms with Gasteiger partial charge in [-0.05, 0) is 29.8 Å². The Morgan fingerprint density at radius 1 is 1.11 bits per heavy atom. The highest BCUT2D eigenvalue weighted by molar-refractivity contribution is 9.10. The van der Waals surface area contributed by atoms with Gasteiger partial charge in [0.1, 0.15) is 0 Å². The minimum Gasteiger partial charge on any atom is -0.436 e. The number of amides is 2. The lowest BCUT2D eigenvalue weighted by molar-refractivity contribution is -0.129. The van der Waals surface area contributed by atoms with Gasteiger partial charge in [0.2, 0.25) is 0 Å². The van der Waals surface area contributed by atoms with Gasteiger partial charge in [0.05, 0.1) is 6.54 Å². The first-order valence-electron chi connectivity index (χ1n) is 8.37. The average Bonchev–Trinajstić information content (AvgIpc) is 3.22. The van der Waals surface area contributed by atoms with Gasteiger partial charge >= 0.3 is 6.09 Å². The van der Waals surface area contributed by atoms with Gasteiger partial charge in [0.25, 0.3) is 5.91 Å². The number of aromatic amines is 1. The molecule has 0 unspecified atom stereocenters. The molecule has 0 bridgehead atoms. The van der Waals surface area contributed by atoms with E-state index in [9.17, 15) is 9.59 Å². The smallest absolute Gasteiger partial charge is 0.412 e. The van der Waals surface area contributed by atoms with Gasteiger partial charge in [-0.3, -0.25) is 10.1 Å². The number of nitrogens with zero attached hydrogens (tertiary/aromatic N) is 3. The molecule has 3 aromatic rings. The first kappa shape index (κ1) is 19.5. The Hall–Kier alpha value is -3.27. The molecule has 2 amide bonds. The maximum absolute atomic E-state index is 12.6.